The Kier molecular flexibility index (Phi) is 5.71. The van der Waals surface area contributed by atoms with Gasteiger partial charge in [0.15, 0.2) is 0 Å². The van der Waals surface area contributed by atoms with Crippen molar-refractivity contribution in [2.75, 3.05) is 13.2 Å². The van der Waals surface area contributed by atoms with E-state index in [0.717, 1.165) is 0 Å². The average Bonchev–Trinajstić information content (AvgIpc) is 1.94. The third kappa shape index (κ3) is 9.34. The van der Waals surface area contributed by atoms with Gasteiger partial charge in [0.25, 0.3) is 0 Å². The number of hydrogen-bond donors (Lipinski definition) is 0. The second kappa shape index (κ2) is 5.97. The van der Waals surface area contributed by atoms with Gasteiger partial charge in [-0.3, -0.25) is 4.79 Å². The summed E-state index contributed by atoms with van der Waals surface area (Å²) in [5.74, 6) is -0.168. The summed E-state index contributed by atoms with van der Waals surface area (Å²) in [6.07, 6.45) is 1.70. The van der Waals surface area contributed by atoms with Gasteiger partial charge in [0.2, 0.25) is 0 Å². The maximum absolute atomic E-state index is 11.1. The van der Waals surface area contributed by atoms with Gasteiger partial charge in [-0.05, 0) is 18.3 Å². The molecule has 0 aromatic carbocycles. The molecule has 0 bridgehead atoms. The quantitative estimate of drug-likeness (QED) is 0.489. The fraction of sp³-hybridized carbons (Fsp3) is 0.900. The molecule has 0 unspecified atom stereocenters. The Morgan fingerprint density at radius 3 is 2.31 bits per heavy atom. The molecule has 13 heavy (non-hydrogen) atoms. The molecule has 1 radical (unpaired) electrons. The molecule has 0 aromatic rings. The Morgan fingerprint density at radius 1 is 1.23 bits per heavy atom. The van der Waals surface area contributed by atoms with Crippen LogP contribution in [0.3, 0.4) is 0 Å². The first-order valence-corrected chi connectivity index (χ1v) is 4.69. The lowest BCUT2D eigenvalue weighted by Gasteiger charge is -2.16. The van der Waals surface area contributed by atoms with Crippen LogP contribution in [0.5, 0.6) is 0 Å². The molecule has 0 spiro atoms. The van der Waals surface area contributed by atoms with Gasteiger partial charge < -0.3 is 4.74 Å². The number of ether oxygens (including phenoxy) is 1. The third-order valence-corrected chi connectivity index (χ3v) is 1.48. The number of unbranched alkanes of at least 4 members (excludes halogenated alkanes) is 1. The first kappa shape index (κ1) is 12.4. The minimum Gasteiger partial charge on any atom is -0.466 e. The van der Waals surface area contributed by atoms with E-state index in [2.05, 4.69) is 0 Å². The van der Waals surface area contributed by atoms with Crippen molar-refractivity contribution < 1.29 is 14.6 Å². The van der Waals surface area contributed by atoms with Gasteiger partial charge >= 0.3 is 5.97 Å². The van der Waals surface area contributed by atoms with E-state index in [1.807, 2.05) is 20.8 Å². The highest BCUT2D eigenvalue weighted by atomic mass is 16.5. The van der Waals surface area contributed by atoms with Crippen LogP contribution in [0.25, 0.3) is 0 Å². The van der Waals surface area contributed by atoms with Crippen LogP contribution in [0, 0.1) is 5.41 Å². The second-order valence-electron chi connectivity index (χ2n) is 4.37. The van der Waals surface area contributed by atoms with Crippen LogP contribution in [-0.2, 0) is 14.6 Å². The van der Waals surface area contributed by atoms with Gasteiger partial charge in [-0.15, -0.1) is 0 Å². The summed E-state index contributed by atoms with van der Waals surface area (Å²) in [5.41, 5.74) is -0.0182. The molecule has 0 N–H and O–H groups in total. The molecule has 0 saturated heterocycles. The normalized spacial score (nSPS) is 11.4. The predicted molar refractivity (Wildman–Crippen MR) is 49.8 cm³/mol. The summed E-state index contributed by atoms with van der Waals surface area (Å²) in [6, 6.07) is 0. The van der Waals surface area contributed by atoms with Crippen LogP contribution in [0.2, 0.25) is 0 Å². The van der Waals surface area contributed by atoms with Gasteiger partial charge in [-0.2, -0.15) is 0 Å². The lowest BCUT2D eigenvalue weighted by atomic mass is 9.92. The third-order valence-electron chi connectivity index (χ3n) is 1.48. The average molecular weight is 187 g/mol. The first-order valence-electron chi connectivity index (χ1n) is 4.69. The number of carbonyl (C=O) groups is 1. The highest BCUT2D eigenvalue weighted by molar-refractivity contribution is 5.70. The molecule has 0 fully saturated rings. The Bertz CT molecular complexity index is 147. The van der Waals surface area contributed by atoms with Gasteiger partial charge in [-0.25, -0.2) is 5.11 Å². The lowest BCUT2D eigenvalue weighted by molar-refractivity contribution is -0.145. The molecular weight excluding hydrogens is 168 g/mol. The maximum atomic E-state index is 11.1. The van der Waals surface area contributed by atoms with Crippen LogP contribution in [-0.4, -0.2) is 19.2 Å². The molecule has 0 atom stereocenters. The topological polar surface area (TPSA) is 46.2 Å². The van der Waals surface area contributed by atoms with E-state index in [1.54, 1.807) is 0 Å². The fourth-order valence-corrected chi connectivity index (χ4v) is 0.874. The van der Waals surface area contributed by atoms with E-state index in [9.17, 15) is 9.90 Å². The van der Waals surface area contributed by atoms with Crippen molar-refractivity contribution >= 4 is 5.97 Å². The highest BCUT2D eigenvalue weighted by Gasteiger charge is 2.16. The Labute approximate surface area is 80.1 Å². The van der Waals surface area contributed by atoms with E-state index in [4.69, 9.17) is 4.74 Å². The Hall–Kier alpha value is -0.570. The maximum Gasteiger partial charge on any atom is 0.306 e. The lowest BCUT2D eigenvalue weighted by Crippen LogP contribution is -2.15. The summed E-state index contributed by atoms with van der Waals surface area (Å²) in [7, 11) is 0. The predicted octanol–water partition coefficient (Wildman–Crippen LogP) is 2.18. The van der Waals surface area contributed by atoms with Crippen LogP contribution in [0.15, 0.2) is 0 Å². The van der Waals surface area contributed by atoms with E-state index < -0.39 is 0 Å². The van der Waals surface area contributed by atoms with Crippen molar-refractivity contribution in [1.82, 2.24) is 0 Å². The standard InChI is InChI=1S/C10H19O3/c1-10(2,3)8-9(12)13-7-5-4-6-11/h4-8H2,1-3H3. The molecule has 0 heterocycles. The zero-order valence-electron chi connectivity index (χ0n) is 8.76. The van der Waals surface area contributed by atoms with Crippen molar-refractivity contribution in [3.8, 4) is 0 Å². The van der Waals surface area contributed by atoms with Crippen molar-refractivity contribution in [1.29, 1.82) is 0 Å². The number of hydrogen-bond acceptors (Lipinski definition) is 2. The zero-order chi connectivity index (χ0) is 10.3. The zero-order valence-corrected chi connectivity index (χ0v) is 8.76. The monoisotopic (exact) mass is 187 g/mol. The molecule has 0 aromatic heterocycles. The Morgan fingerprint density at radius 2 is 1.85 bits per heavy atom. The minimum atomic E-state index is -0.168. The molecule has 3 nitrogen and oxygen atoms in total. The number of rotatable bonds is 5. The van der Waals surface area contributed by atoms with Gasteiger partial charge in [-0.1, -0.05) is 20.8 Å². The number of carbonyl (C=O) groups excluding carboxylic acids is 1. The van der Waals surface area contributed by atoms with Crippen molar-refractivity contribution in [3.63, 3.8) is 0 Å². The molecule has 0 aliphatic rings. The molecule has 3 heteroatoms. The Balaban J connectivity index is 3.41. The van der Waals surface area contributed by atoms with Crippen molar-refractivity contribution in [3.05, 3.63) is 0 Å². The molecular formula is C10H19O3. The molecule has 0 saturated carbocycles. The number of esters is 1. The van der Waals surface area contributed by atoms with E-state index >= 15 is 0 Å². The van der Waals surface area contributed by atoms with Crippen molar-refractivity contribution in [2.45, 2.75) is 40.0 Å². The molecule has 0 rings (SSSR count). The SMILES string of the molecule is CC(C)(C)CC(=O)OCCCC[O]. The highest BCUT2D eigenvalue weighted by Crippen LogP contribution is 2.18. The van der Waals surface area contributed by atoms with Crippen LogP contribution in [0.1, 0.15) is 40.0 Å². The largest absolute Gasteiger partial charge is 0.466 e. The van der Waals surface area contributed by atoms with E-state index in [0.29, 0.717) is 25.9 Å². The van der Waals surface area contributed by atoms with Crippen LogP contribution < -0.4 is 0 Å². The second-order valence-corrected chi connectivity index (χ2v) is 4.37. The van der Waals surface area contributed by atoms with E-state index in [1.165, 1.54) is 0 Å². The summed E-state index contributed by atoms with van der Waals surface area (Å²) in [4.78, 5) is 11.1. The van der Waals surface area contributed by atoms with Gasteiger partial charge in [0.05, 0.1) is 19.6 Å². The molecule has 0 aliphatic carbocycles. The summed E-state index contributed by atoms with van der Waals surface area (Å²) >= 11 is 0. The van der Waals surface area contributed by atoms with Crippen LogP contribution >= 0.6 is 0 Å². The summed E-state index contributed by atoms with van der Waals surface area (Å²) < 4.78 is 4.94. The summed E-state index contributed by atoms with van der Waals surface area (Å²) in [5, 5.41) is 10.1. The fourth-order valence-electron chi connectivity index (χ4n) is 0.874. The molecule has 0 aliphatic heterocycles. The van der Waals surface area contributed by atoms with Crippen LogP contribution in [0.4, 0.5) is 0 Å². The minimum absolute atomic E-state index is 0.0182. The molecule has 0 amide bonds. The molecule has 77 valence electrons. The van der Waals surface area contributed by atoms with Crippen molar-refractivity contribution in [2.24, 2.45) is 5.41 Å². The van der Waals surface area contributed by atoms with E-state index in [-0.39, 0.29) is 18.0 Å². The van der Waals surface area contributed by atoms with Gasteiger partial charge in [0, 0.05) is 0 Å². The first-order chi connectivity index (χ1) is 5.95. The smallest absolute Gasteiger partial charge is 0.306 e. The van der Waals surface area contributed by atoms with Gasteiger partial charge in [0.1, 0.15) is 0 Å². The summed E-state index contributed by atoms with van der Waals surface area (Å²) in [6.45, 7) is 6.28.